The Hall–Kier alpha value is -0.970. The number of halogens is 1. The van der Waals surface area contributed by atoms with E-state index in [1.165, 1.54) is 0 Å². The molecule has 1 aliphatic rings. The number of piperidine rings is 1. The van der Waals surface area contributed by atoms with Crippen molar-refractivity contribution in [3.8, 4) is 0 Å². The number of hydrogen-bond acceptors (Lipinski definition) is 3. The second-order valence-corrected chi connectivity index (χ2v) is 5.69. The molecule has 4 heteroatoms. The Bertz CT molecular complexity index is 430. The van der Waals surface area contributed by atoms with Gasteiger partial charge < -0.3 is 10.5 Å². The van der Waals surface area contributed by atoms with Crippen LogP contribution in [0.5, 0.6) is 0 Å². The molecule has 1 fully saturated rings. The van der Waals surface area contributed by atoms with Crippen LogP contribution in [0, 0.1) is 18.7 Å². The molecule has 1 saturated heterocycles. The highest BCUT2D eigenvalue weighted by Gasteiger charge is 2.25. The number of likely N-dealkylation sites (tertiary alicyclic amines) is 1. The van der Waals surface area contributed by atoms with Crippen molar-refractivity contribution in [2.75, 3.05) is 33.4 Å². The van der Waals surface area contributed by atoms with Crippen LogP contribution in [-0.2, 0) is 4.74 Å². The molecule has 0 bridgehead atoms. The summed E-state index contributed by atoms with van der Waals surface area (Å²) in [6, 6.07) is 5.59. The Morgan fingerprint density at radius 1 is 1.40 bits per heavy atom. The minimum atomic E-state index is -0.143. The van der Waals surface area contributed by atoms with Crippen LogP contribution in [0.3, 0.4) is 0 Å². The summed E-state index contributed by atoms with van der Waals surface area (Å²) in [7, 11) is 1.75. The SMILES string of the molecule is COCC1CCN(C(CN)c2ccc(C)c(F)c2)CC1. The summed E-state index contributed by atoms with van der Waals surface area (Å²) in [4.78, 5) is 2.37. The van der Waals surface area contributed by atoms with E-state index in [0.717, 1.165) is 38.1 Å². The van der Waals surface area contributed by atoms with Gasteiger partial charge in [-0.2, -0.15) is 0 Å². The molecule has 0 aliphatic carbocycles. The van der Waals surface area contributed by atoms with E-state index in [9.17, 15) is 4.39 Å². The molecule has 0 spiro atoms. The molecule has 3 nitrogen and oxygen atoms in total. The highest BCUT2D eigenvalue weighted by molar-refractivity contribution is 5.26. The smallest absolute Gasteiger partial charge is 0.126 e. The highest BCUT2D eigenvalue weighted by Crippen LogP contribution is 2.27. The van der Waals surface area contributed by atoms with Gasteiger partial charge in [-0.3, -0.25) is 4.90 Å². The molecule has 2 N–H and O–H groups in total. The van der Waals surface area contributed by atoms with E-state index in [0.29, 0.717) is 18.0 Å². The third-order valence-corrected chi connectivity index (χ3v) is 4.30. The Balaban J connectivity index is 2.03. The predicted octanol–water partition coefficient (Wildman–Crippen LogP) is 2.49. The number of nitrogens with two attached hydrogens (primary N) is 1. The fourth-order valence-corrected chi connectivity index (χ4v) is 2.98. The third-order valence-electron chi connectivity index (χ3n) is 4.30. The maximum absolute atomic E-state index is 13.7. The van der Waals surface area contributed by atoms with Crippen LogP contribution in [0.1, 0.15) is 30.0 Å². The van der Waals surface area contributed by atoms with Crippen LogP contribution < -0.4 is 5.73 Å². The van der Waals surface area contributed by atoms with Crippen LogP contribution >= 0.6 is 0 Å². The summed E-state index contributed by atoms with van der Waals surface area (Å²) >= 11 is 0. The lowest BCUT2D eigenvalue weighted by Gasteiger charge is -2.37. The topological polar surface area (TPSA) is 38.5 Å². The third kappa shape index (κ3) is 3.57. The van der Waals surface area contributed by atoms with Crippen molar-refractivity contribution < 1.29 is 9.13 Å². The zero-order valence-corrected chi connectivity index (χ0v) is 12.4. The van der Waals surface area contributed by atoms with E-state index in [2.05, 4.69) is 4.90 Å². The zero-order chi connectivity index (χ0) is 14.5. The Kier molecular flexibility index (Phi) is 5.52. The molecular formula is C16H25FN2O. The van der Waals surface area contributed by atoms with Crippen molar-refractivity contribution in [3.63, 3.8) is 0 Å². The molecule has 112 valence electrons. The minimum Gasteiger partial charge on any atom is -0.384 e. The van der Waals surface area contributed by atoms with Gasteiger partial charge in [0.1, 0.15) is 5.82 Å². The Morgan fingerprint density at radius 3 is 2.65 bits per heavy atom. The van der Waals surface area contributed by atoms with Crippen LogP contribution in [0.2, 0.25) is 0 Å². The summed E-state index contributed by atoms with van der Waals surface area (Å²) in [6.07, 6.45) is 2.25. The standard InChI is InChI=1S/C16H25FN2O/c1-12-3-4-14(9-15(12)17)16(10-18)19-7-5-13(6-8-19)11-20-2/h3-4,9,13,16H,5-8,10-11,18H2,1-2H3. The number of nitrogens with zero attached hydrogens (tertiary/aromatic N) is 1. The van der Waals surface area contributed by atoms with Gasteiger partial charge in [-0.25, -0.2) is 4.39 Å². The van der Waals surface area contributed by atoms with E-state index in [1.807, 2.05) is 12.1 Å². The molecule has 1 unspecified atom stereocenters. The first kappa shape index (κ1) is 15.4. The van der Waals surface area contributed by atoms with E-state index >= 15 is 0 Å². The lowest BCUT2D eigenvalue weighted by atomic mass is 9.94. The molecule has 20 heavy (non-hydrogen) atoms. The minimum absolute atomic E-state index is 0.119. The summed E-state index contributed by atoms with van der Waals surface area (Å²) in [6.45, 7) is 5.15. The Labute approximate surface area is 120 Å². The van der Waals surface area contributed by atoms with E-state index in [1.54, 1.807) is 20.1 Å². The summed E-state index contributed by atoms with van der Waals surface area (Å²) in [5, 5.41) is 0. The maximum atomic E-state index is 13.7. The second kappa shape index (κ2) is 7.16. The number of hydrogen-bond donors (Lipinski definition) is 1. The summed E-state index contributed by atoms with van der Waals surface area (Å²) < 4.78 is 19.0. The van der Waals surface area contributed by atoms with Crippen LogP contribution in [0.15, 0.2) is 18.2 Å². The molecule has 0 saturated carbocycles. The summed E-state index contributed by atoms with van der Waals surface area (Å²) in [5.74, 6) is 0.500. The Morgan fingerprint density at radius 2 is 2.10 bits per heavy atom. The van der Waals surface area contributed by atoms with Crippen molar-refractivity contribution >= 4 is 0 Å². The molecule has 1 atom stereocenters. The van der Waals surface area contributed by atoms with Gasteiger partial charge >= 0.3 is 0 Å². The monoisotopic (exact) mass is 280 g/mol. The van der Waals surface area contributed by atoms with Crippen molar-refractivity contribution in [3.05, 3.63) is 35.1 Å². The van der Waals surface area contributed by atoms with E-state index in [-0.39, 0.29) is 11.9 Å². The van der Waals surface area contributed by atoms with Gasteiger partial charge in [0, 0.05) is 26.3 Å². The van der Waals surface area contributed by atoms with Gasteiger partial charge in [0.15, 0.2) is 0 Å². The molecule has 1 heterocycles. The fourth-order valence-electron chi connectivity index (χ4n) is 2.98. The highest BCUT2D eigenvalue weighted by atomic mass is 19.1. The summed E-state index contributed by atoms with van der Waals surface area (Å²) in [5.41, 5.74) is 7.60. The van der Waals surface area contributed by atoms with Gasteiger partial charge in [0.25, 0.3) is 0 Å². The molecular weight excluding hydrogens is 255 g/mol. The number of benzene rings is 1. The van der Waals surface area contributed by atoms with Gasteiger partial charge in [0.2, 0.25) is 0 Å². The number of ether oxygens (including phenoxy) is 1. The van der Waals surface area contributed by atoms with E-state index < -0.39 is 0 Å². The van der Waals surface area contributed by atoms with Crippen molar-refractivity contribution in [1.82, 2.24) is 4.90 Å². The first-order valence-electron chi connectivity index (χ1n) is 7.34. The first-order chi connectivity index (χ1) is 9.65. The van der Waals surface area contributed by atoms with E-state index in [4.69, 9.17) is 10.5 Å². The lowest BCUT2D eigenvalue weighted by molar-refractivity contribution is 0.0810. The molecule has 1 aromatic rings. The molecule has 0 amide bonds. The quantitative estimate of drug-likeness (QED) is 0.900. The maximum Gasteiger partial charge on any atom is 0.126 e. The molecule has 1 aliphatic heterocycles. The van der Waals surface area contributed by atoms with Gasteiger partial charge in [-0.1, -0.05) is 12.1 Å². The normalized spacial score (nSPS) is 19.2. The lowest BCUT2D eigenvalue weighted by Crippen LogP contribution is -2.40. The molecule has 1 aromatic carbocycles. The number of rotatable bonds is 5. The zero-order valence-electron chi connectivity index (χ0n) is 12.4. The van der Waals surface area contributed by atoms with Crippen LogP contribution in [0.25, 0.3) is 0 Å². The molecule has 0 radical (unpaired) electrons. The average molecular weight is 280 g/mol. The van der Waals surface area contributed by atoms with Crippen molar-refractivity contribution in [2.45, 2.75) is 25.8 Å². The molecule has 2 rings (SSSR count). The fraction of sp³-hybridized carbons (Fsp3) is 0.625. The largest absolute Gasteiger partial charge is 0.384 e. The first-order valence-corrected chi connectivity index (χ1v) is 7.34. The second-order valence-electron chi connectivity index (χ2n) is 5.69. The average Bonchev–Trinajstić information content (AvgIpc) is 2.46. The predicted molar refractivity (Wildman–Crippen MR) is 79.1 cm³/mol. The van der Waals surface area contributed by atoms with Gasteiger partial charge in [-0.05, 0) is 56.0 Å². The van der Waals surface area contributed by atoms with Crippen molar-refractivity contribution in [1.29, 1.82) is 0 Å². The number of aryl methyl sites for hydroxylation is 1. The van der Waals surface area contributed by atoms with Crippen LogP contribution in [-0.4, -0.2) is 38.3 Å². The number of methoxy groups -OCH3 is 1. The molecule has 0 aromatic heterocycles. The van der Waals surface area contributed by atoms with Crippen LogP contribution in [0.4, 0.5) is 4.39 Å². The van der Waals surface area contributed by atoms with Gasteiger partial charge in [0.05, 0.1) is 0 Å². The van der Waals surface area contributed by atoms with Gasteiger partial charge in [-0.15, -0.1) is 0 Å². The van der Waals surface area contributed by atoms with Crippen molar-refractivity contribution in [2.24, 2.45) is 11.7 Å².